The maximum Gasteiger partial charge on any atom is 0.294 e. The average Bonchev–Trinajstić information content (AvgIpc) is 3.19. The smallest absolute Gasteiger partial charge is 0.294 e. The number of nitrogens with zero attached hydrogens (tertiary/aromatic N) is 1. The summed E-state index contributed by atoms with van der Waals surface area (Å²) in [5, 5.41) is 3.10. The zero-order valence-corrected chi connectivity index (χ0v) is 10.1. The van der Waals surface area contributed by atoms with Gasteiger partial charge in [-0.3, -0.25) is 9.89 Å². The van der Waals surface area contributed by atoms with Gasteiger partial charge < -0.3 is 10.5 Å². The molecule has 0 unspecified atom stereocenters. The lowest BCUT2D eigenvalue weighted by molar-refractivity contribution is 0.414. The minimum atomic E-state index is -0.179. The van der Waals surface area contributed by atoms with Gasteiger partial charge in [-0.2, -0.15) is 0 Å². The molecule has 0 aliphatic heterocycles. The van der Waals surface area contributed by atoms with Crippen LogP contribution in [0.4, 0.5) is 5.69 Å². The van der Waals surface area contributed by atoms with Gasteiger partial charge in [-0.1, -0.05) is 0 Å². The molecular weight excluding hydrogens is 230 g/mol. The second-order valence-electron chi connectivity index (χ2n) is 4.55. The molecular formula is C13H15N3O2. The highest BCUT2D eigenvalue weighted by Gasteiger charge is 2.29. The van der Waals surface area contributed by atoms with E-state index in [1.54, 1.807) is 7.11 Å². The van der Waals surface area contributed by atoms with E-state index in [1.165, 1.54) is 4.68 Å². The molecule has 1 saturated carbocycles. The highest BCUT2D eigenvalue weighted by molar-refractivity contribution is 5.48. The Bertz CT molecular complexity index is 621. The molecule has 0 bridgehead atoms. The van der Waals surface area contributed by atoms with Crippen molar-refractivity contribution in [2.75, 3.05) is 12.8 Å². The van der Waals surface area contributed by atoms with Crippen molar-refractivity contribution in [3.05, 3.63) is 40.3 Å². The van der Waals surface area contributed by atoms with Gasteiger partial charge in [0.05, 0.1) is 18.5 Å². The van der Waals surface area contributed by atoms with E-state index in [2.05, 4.69) is 5.10 Å². The minimum Gasteiger partial charge on any atom is -0.497 e. The normalized spacial score (nSPS) is 14.7. The van der Waals surface area contributed by atoms with Gasteiger partial charge in [0.15, 0.2) is 0 Å². The third kappa shape index (κ3) is 1.68. The number of nitrogens with one attached hydrogen (secondary N) is 1. The molecule has 0 radical (unpaired) electrons. The lowest BCUT2D eigenvalue weighted by Gasteiger charge is -2.03. The van der Waals surface area contributed by atoms with Gasteiger partial charge in [-0.25, -0.2) is 4.68 Å². The first-order valence-electron chi connectivity index (χ1n) is 5.95. The SMILES string of the molecule is COc1ccc(-n2[nH]c(C3CC3)c(N)c2=O)cc1. The summed E-state index contributed by atoms with van der Waals surface area (Å²) in [7, 11) is 1.61. The van der Waals surface area contributed by atoms with Crippen molar-refractivity contribution in [1.29, 1.82) is 0 Å². The Hall–Kier alpha value is -2.17. The Morgan fingerprint density at radius 3 is 2.56 bits per heavy atom. The predicted molar refractivity (Wildman–Crippen MR) is 69.3 cm³/mol. The highest BCUT2D eigenvalue weighted by atomic mass is 16.5. The molecule has 0 atom stereocenters. The molecule has 0 amide bonds. The Morgan fingerprint density at radius 1 is 1.33 bits per heavy atom. The molecule has 1 aliphatic rings. The molecule has 94 valence electrons. The van der Waals surface area contributed by atoms with Crippen LogP contribution in [0.25, 0.3) is 5.69 Å². The number of nitrogen functional groups attached to an aromatic ring is 1. The maximum atomic E-state index is 12.1. The minimum absolute atomic E-state index is 0.179. The Balaban J connectivity index is 2.05. The van der Waals surface area contributed by atoms with Crippen molar-refractivity contribution < 1.29 is 4.74 Å². The number of anilines is 1. The van der Waals surface area contributed by atoms with Crippen LogP contribution in [-0.2, 0) is 0 Å². The largest absolute Gasteiger partial charge is 0.497 e. The Kier molecular flexibility index (Phi) is 2.40. The third-order valence-electron chi connectivity index (χ3n) is 3.27. The molecule has 1 fully saturated rings. The van der Waals surface area contributed by atoms with Crippen LogP contribution in [0.1, 0.15) is 24.5 Å². The zero-order valence-electron chi connectivity index (χ0n) is 10.1. The van der Waals surface area contributed by atoms with Gasteiger partial charge in [0.2, 0.25) is 0 Å². The van der Waals surface area contributed by atoms with Crippen molar-refractivity contribution >= 4 is 5.69 Å². The second kappa shape index (κ2) is 3.94. The molecule has 18 heavy (non-hydrogen) atoms. The van der Waals surface area contributed by atoms with Gasteiger partial charge in [-0.15, -0.1) is 0 Å². The maximum absolute atomic E-state index is 12.1. The first kappa shape index (κ1) is 11.0. The fraction of sp³-hybridized carbons (Fsp3) is 0.308. The summed E-state index contributed by atoms with van der Waals surface area (Å²) < 4.78 is 6.58. The number of benzene rings is 1. The Labute approximate surface area is 104 Å². The quantitative estimate of drug-likeness (QED) is 0.863. The van der Waals surface area contributed by atoms with Crippen molar-refractivity contribution in [2.45, 2.75) is 18.8 Å². The molecule has 0 saturated heterocycles. The fourth-order valence-corrected chi connectivity index (χ4v) is 2.06. The van der Waals surface area contributed by atoms with Gasteiger partial charge in [0, 0.05) is 5.92 Å². The van der Waals surface area contributed by atoms with Gasteiger partial charge in [0.25, 0.3) is 5.56 Å². The number of aromatic amines is 1. The van der Waals surface area contributed by atoms with Crippen molar-refractivity contribution in [2.24, 2.45) is 0 Å². The lowest BCUT2D eigenvalue weighted by atomic mass is 10.2. The summed E-state index contributed by atoms with van der Waals surface area (Å²) in [5.41, 5.74) is 7.65. The number of methoxy groups -OCH3 is 1. The van der Waals surface area contributed by atoms with Gasteiger partial charge >= 0.3 is 0 Å². The standard InChI is InChI=1S/C13H15N3O2/c1-18-10-6-4-9(5-7-10)16-13(17)11(14)12(15-16)8-2-3-8/h4-8,15H,2-3,14H2,1H3. The summed E-state index contributed by atoms with van der Waals surface area (Å²) in [6, 6.07) is 7.28. The fourth-order valence-electron chi connectivity index (χ4n) is 2.06. The molecule has 1 aromatic carbocycles. The monoisotopic (exact) mass is 245 g/mol. The first-order chi connectivity index (χ1) is 8.70. The van der Waals surface area contributed by atoms with Gasteiger partial charge in [-0.05, 0) is 37.1 Å². The number of hydrogen-bond donors (Lipinski definition) is 2. The van der Waals surface area contributed by atoms with Crippen LogP contribution in [0.3, 0.4) is 0 Å². The molecule has 3 N–H and O–H groups in total. The summed E-state index contributed by atoms with van der Waals surface area (Å²) in [5.74, 6) is 1.19. The molecule has 5 nitrogen and oxygen atoms in total. The average molecular weight is 245 g/mol. The van der Waals surface area contributed by atoms with Gasteiger partial charge in [0.1, 0.15) is 11.4 Å². The summed E-state index contributed by atoms with van der Waals surface area (Å²) in [4.78, 5) is 12.1. The van der Waals surface area contributed by atoms with E-state index in [0.29, 0.717) is 11.6 Å². The van der Waals surface area contributed by atoms with Crippen LogP contribution >= 0.6 is 0 Å². The third-order valence-corrected chi connectivity index (χ3v) is 3.27. The molecule has 1 heterocycles. The Morgan fingerprint density at radius 2 is 2.00 bits per heavy atom. The number of rotatable bonds is 3. The number of aromatic nitrogens is 2. The van der Waals surface area contributed by atoms with Crippen LogP contribution in [0.15, 0.2) is 29.1 Å². The van der Waals surface area contributed by atoms with Crippen molar-refractivity contribution in [1.82, 2.24) is 9.78 Å². The van der Waals surface area contributed by atoms with E-state index < -0.39 is 0 Å². The van der Waals surface area contributed by atoms with Crippen LogP contribution in [0, 0.1) is 0 Å². The van der Waals surface area contributed by atoms with E-state index in [0.717, 1.165) is 30.0 Å². The van der Waals surface area contributed by atoms with Crippen LogP contribution in [-0.4, -0.2) is 16.9 Å². The molecule has 1 aromatic heterocycles. The molecule has 0 spiro atoms. The lowest BCUT2D eigenvalue weighted by Crippen LogP contribution is -2.16. The zero-order chi connectivity index (χ0) is 12.7. The number of hydrogen-bond acceptors (Lipinski definition) is 3. The van der Waals surface area contributed by atoms with Crippen LogP contribution in [0.5, 0.6) is 5.75 Å². The van der Waals surface area contributed by atoms with Crippen molar-refractivity contribution in [3.8, 4) is 11.4 Å². The summed E-state index contributed by atoms with van der Waals surface area (Å²) in [6.07, 6.45) is 2.21. The summed E-state index contributed by atoms with van der Waals surface area (Å²) >= 11 is 0. The topological polar surface area (TPSA) is 73.0 Å². The van der Waals surface area contributed by atoms with E-state index in [1.807, 2.05) is 24.3 Å². The molecule has 5 heteroatoms. The van der Waals surface area contributed by atoms with Crippen LogP contribution in [0.2, 0.25) is 0 Å². The number of nitrogens with two attached hydrogens (primary N) is 1. The number of ether oxygens (including phenoxy) is 1. The number of H-pyrrole nitrogens is 1. The van der Waals surface area contributed by atoms with E-state index in [-0.39, 0.29) is 5.56 Å². The van der Waals surface area contributed by atoms with E-state index in [4.69, 9.17) is 10.5 Å². The predicted octanol–water partition coefficient (Wildman–Crippen LogP) is 1.63. The van der Waals surface area contributed by atoms with Crippen LogP contribution < -0.4 is 16.0 Å². The molecule has 1 aliphatic carbocycles. The highest BCUT2D eigenvalue weighted by Crippen LogP contribution is 2.40. The summed E-state index contributed by atoms with van der Waals surface area (Å²) in [6.45, 7) is 0. The molecule has 2 aromatic rings. The van der Waals surface area contributed by atoms with E-state index in [9.17, 15) is 4.79 Å². The first-order valence-corrected chi connectivity index (χ1v) is 5.95. The van der Waals surface area contributed by atoms with Crippen molar-refractivity contribution in [3.63, 3.8) is 0 Å². The second-order valence-corrected chi connectivity index (χ2v) is 4.55. The molecule has 3 rings (SSSR count). The van der Waals surface area contributed by atoms with E-state index >= 15 is 0 Å².